The zero-order valence-electron chi connectivity index (χ0n) is 15.0. The van der Waals surface area contributed by atoms with Crippen LogP contribution in [-0.4, -0.2) is 46.4 Å². The van der Waals surface area contributed by atoms with E-state index >= 15 is 0 Å². The number of likely N-dealkylation sites (tertiary alicyclic amines) is 1. The van der Waals surface area contributed by atoms with E-state index in [0.29, 0.717) is 18.1 Å². The standard InChI is InChI=1S/C18H27N3O3/c1-5-24-17(23)15-11-19-16(20-12-15)10-18(13(2)3)6-8-21(9-7-18)14(4)22/h11-13H,5-10H2,1-4H3. The second-order valence-electron chi connectivity index (χ2n) is 6.81. The molecule has 2 heterocycles. The number of piperidine rings is 1. The quantitative estimate of drug-likeness (QED) is 0.774. The highest BCUT2D eigenvalue weighted by molar-refractivity contribution is 5.88. The van der Waals surface area contributed by atoms with E-state index in [1.165, 1.54) is 0 Å². The number of nitrogens with zero attached hydrogens (tertiary/aromatic N) is 3. The molecule has 0 spiro atoms. The summed E-state index contributed by atoms with van der Waals surface area (Å²) >= 11 is 0. The van der Waals surface area contributed by atoms with Gasteiger partial charge in [0.2, 0.25) is 5.91 Å². The molecule has 0 aromatic carbocycles. The zero-order chi connectivity index (χ0) is 17.7. The van der Waals surface area contributed by atoms with Crippen molar-refractivity contribution in [3.8, 4) is 0 Å². The molecule has 1 saturated heterocycles. The first-order chi connectivity index (χ1) is 11.4. The molecule has 0 bridgehead atoms. The number of ether oxygens (including phenoxy) is 1. The topological polar surface area (TPSA) is 72.4 Å². The van der Waals surface area contributed by atoms with Crippen LogP contribution < -0.4 is 0 Å². The van der Waals surface area contributed by atoms with Crippen molar-refractivity contribution < 1.29 is 14.3 Å². The van der Waals surface area contributed by atoms with Crippen LogP contribution in [0.1, 0.15) is 56.7 Å². The van der Waals surface area contributed by atoms with E-state index in [9.17, 15) is 9.59 Å². The first kappa shape index (κ1) is 18.4. The number of esters is 1. The maximum atomic E-state index is 11.7. The van der Waals surface area contributed by atoms with Crippen molar-refractivity contribution in [1.29, 1.82) is 0 Å². The van der Waals surface area contributed by atoms with Crippen molar-refractivity contribution in [2.45, 2.75) is 47.0 Å². The molecule has 6 nitrogen and oxygen atoms in total. The van der Waals surface area contributed by atoms with E-state index < -0.39 is 5.97 Å². The largest absolute Gasteiger partial charge is 0.462 e. The molecule has 0 N–H and O–H groups in total. The van der Waals surface area contributed by atoms with Crippen molar-refractivity contribution in [1.82, 2.24) is 14.9 Å². The summed E-state index contributed by atoms with van der Waals surface area (Å²) in [6, 6.07) is 0. The maximum Gasteiger partial charge on any atom is 0.341 e. The number of carbonyl (C=O) groups is 2. The van der Waals surface area contributed by atoms with Crippen LogP contribution in [0.25, 0.3) is 0 Å². The van der Waals surface area contributed by atoms with Gasteiger partial charge in [-0.3, -0.25) is 4.79 Å². The normalized spacial score (nSPS) is 17.0. The molecule has 1 amide bonds. The smallest absolute Gasteiger partial charge is 0.341 e. The van der Waals surface area contributed by atoms with Crippen LogP contribution in [-0.2, 0) is 16.0 Å². The molecule has 24 heavy (non-hydrogen) atoms. The molecule has 6 heteroatoms. The highest BCUT2D eigenvalue weighted by atomic mass is 16.5. The van der Waals surface area contributed by atoms with Gasteiger partial charge in [-0.05, 0) is 31.1 Å². The van der Waals surface area contributed by atoms with Crippen molar-refractivity contribution in [3.63, 3.8) is 0 Å². The summed E-state index contributed by atoms with van der Waals surface area (Å²) < 4.78 is 4.95. The van der Waals surface area contributed by atoms with Crippen LogP contribution in [0.2, 0.25) is 0 Å². The van der Waals surface area contributed by atoms with Gasteiger partial charge in [0.25, 0.3) is 0 Å². The third-order valence-electron chi connectivity index (χ3n) is 5.16. The lowest BCUT2D eigenvalue weighted by Gasteiger charge is -2.44. The second-order valence-corrected chi connectivity index (χ2v) is 6.81. The molecule has 1 aliphatic rings. The van der Waals surface area contributed by atoms with E-state index in [-0.39, 0.29) is 11.3 Å². The van der Waals surface area contributed by atoms with Gasteiger partial charge in [0.1, 0.15) is 5.82 Å². The Hall–Kier alpha value is -1.98. The number of aromatic nitrogens is 2. The first-order valence-corrected chi connectivity index (χ1v) is 8.61. The van der Waals surface area contributed by atoms with Crippen LogP contribution in [0, 0.1) is 11.3 Å². The summed E-state index contributed by atoms with van der Waals surface area (Å²) in [4.78, 5) is 33.9. The van der Waals surface area contributed by atoms with Crippen molar-refractivity contribution >= 4 is 11.9 Å². The lowest BCUT2D eigenvalue weighted by molar-refractivity contribution is -0.131. The number of hydrogen-bond donors (Lipinski definition) is 0. The molecule has 1 fully saturated rings. The molecule has 1 aromatic heterocycles. The Balaban J connectivity index is 2.09. The average Bonchev–Trinajstić information content (AvgIpc) is 2.56. The fourth-order valence-electron chi connectivity index (χ4n) is 3.31. The van der Waals surface area contributed by atoms with Crippen LogP contribution in [0.3, 0.4) is 0 Å². The second kappa shape index (κ2) is 7.73. The molecule has 1 aromatic rings. The Kier molecular flexibility index (Phi) is 5.91. The SMILES string of the molecule is CCOC(=O)c1cnc(CC2(C(C)C)CCN(C(C)=O)CC2)nc1. The maximum absolute atomic E-state index is 11.7. The third kappa shape index (κ3) is 4.10. The minimum atomic E-state index is -0.391. The molecule has 0 unspecified atom stereocenters. The zero-order valence-corrected chi connectivity index (χ0v) is 15.0. The lowest BCUT2D eigenvalue weighted by Crippen LogP contribution is -2.45. The van der Waals surface area contributed by atoms with Gasteiger partial charge in [-0.15, -0.1) is 0 Å². The molecular weight excluding hydrogens is 306 g/mol. The molecular formula is C18H27N3O3. The van der Waals surface area contributed by atoms with E-state index in [4.69, 9.17) is 4.74 Å². The fraction of sp³-hybridized carbons (Fsp3) is 0.667. The van der Waals surface area contributed by atoms with E-state index in [0.717, 1.165) is 38.2 Å². The van der Waals surface area contributed by atoms with Gasteiger partial charge >= 0.3 is 5.97 Å². The van der Waals surface area contributed by atoms with Gasteiger partial charge in [-0.1, -0.05) is 13.8 Å². The van der Waals surface area contributed by atoms with Gasteiger partial charge in [0.05, 0.1) is 12.2 Å². The summed E-state index contributed by atoms with van der Waals surface area (Å²) in [5, 5.41) is 0. The van der Waals surface area contributed by atoms with Gasteiger partial charge in [-0.25, -0.2) is 14.8 Å². The molecule has 0 radical (unpaired) electrons. The molecule has 2 rings (SSSR count). The number of hydrogen-bond acceptors (Lipinski definition) is 5. The Morgan fingerprint density at radius 1 is 1.25 bits per heavy atom. The van der Waals surface area contributed by atoms with Crippen LogP contribution >= 0.6 is 0 Å². The van der Waals surface area contributed by atoms with Crippen LogP contribution in [0.5, 0.6) is 0 Å². The van der Waals surface area contributed by atoms with Gasteiger partial charge in [-0.2, -0.15) is 0 Å². The van der Waals surface area contributed by atoms with Crippen molar-refractivity contribution in [2.24, 2.45) is 11.3 Å². The summed E-state index contributed by atoms with van der Waals surface area (Å²) in [7, 11) is 0. The average molecular weight is 333 g/mol. The van der Waals surface area contributed by atoms with E-state index in [1.807, 2.05) is 4.90 Å². The van der Waals surface area contributed by atoms with Crippen LogP contribution in [0.15, 0.2) is 12.4 Å². The summed E-state index contributed by atoms with van der Waals surface area (Å²) in [6.45, 7) is 9.74. The summed E-state index contributed by atoms with van der Waals surface area (Å²) in [5.41, 5.74) is 0.475. The third-order valence-corrected chi connectivity index (χ3v) is 5.16. The highest BCUT2D eigenvalue weighted by Gasteiger charge is 2.38. The molecule has 0 saturated carbocycles. The predicted octanol–water partition coefficient (Wildman–Crippen LogP) is 2.48. The molecule has 132 valence electrons. The monoisotopic (exact) mass is 333 g/mol. The Labute approximate surface area is 143 Å². The highest BCUT2D eigenvalue weighted by Crippen LogP contribution is 2.41. The van der Waals surface area contributed by atoms with Crippen molar-refractivity contribution in [3.05, 3.63) is 23.8 Å². The number of amides is 1. The van der Waals surface area contributed by atoms with Crippen LogP contribution in [0.4, 0.5) is 0 Å². The summed E-state index contributed by atoms with van der Waals surface area (Å²) in [6.07, 6.45) is 5.75. The molecule has 0 aliphatic carbocycles. The van der Waals surface area contributed by atoms with E-state index in [2.05, 4.69) is 23.8 Å². The lowest BCUT2D eigenvalue weighted by atomic mass is 9.67. The molecule has 1 aliphatic heterocycles. The number of carbonyl (C=O) groups excluding carboxylic acids is 2. The Morgan fingerprint density at radius 3 is 2.29 bits per heavy atom. The van der Waals surface area contributed by atoms with Crippen molar-refractivity contribution in [2.75, 3.05) is 19.7 Å². The van der Waals surface area contributed by atoms with Gasteiger partial charge in [0, 0.05) is 38.8 Å². The Bertz CT molecular complexity index is 576. The Morgan fingerprint density at radius 2 is 1.83 bits per heavy atom. The van der Waals surface area contributed by atoms with Gasteiger partial charge in [0.15, 0.2) is 0 Å². The molecule has 0 atom stereocenters. The van der Waals surface area contributed by atoms with Gasteiger partial charge < -0.3 is 9.64 Å². The predicted molar refractivity (Wildman–Crippen MR) is 90.5 cm³/mol. The van der Waals surface area contributed by atoms with E-state index in [1.54, 1.807) is 26.2 Å². The first-order valence-electron chi connectivity index (χ1n) is 8.61. The number of rotatable bonds is 5. The minimum absolute atomic E-state index is 0.0946. The summed E-state index contributed by atoms with van der Waals surface area (Å²) in [5.74, 6) is 0.966. The fourth-order valence-corrected chi connectivity index (χ4v) is 3.31. The minimum Gasteiger partial charge on any atom is -0.462 e.